The van der Waals surface area contributed by atoms with Crippen LogP contribution in [0.3, 0.4) is 0 Å². The molecule has 92 valence electrons. The Kier molecular flexibility index (Phi) is 4.35. The van der Waals surface area contributed by atoms with Crippen LogP contribution in [0.15, 0.2) is 12.1 Å². The SMILES string of the molecule is COC(=O)c1ccc(NCC(O)C(N)=O)nn1. The zero-order chi connectivity index (χ0) is 12.8. The zero-order valence-electron chi connectivity index (χ0n) is 9.08. The first-order chi connectivity index (χ1) is 8.04. The Labute approximate surface area is 96.8 Å². The number of nitrogens with zero attached hydrogens (tertiary/aromatic N) is 2. The number of hydrogen-bond donors (Lipinski definition) is 3. The third-order valence-electron chi connectivity index (χ3n) is 1.86. The summed E-state index contributed by atoms with van der Waals surface area (Å²) in [5, 5.41) is 19.0. The number of nitrogens with one attached hydrogen (secondary N) is 1. The molecule has 0 saturated heterocycles. The van der Waals surface area contributed by atoms with E-state index in [0.29, 0.717) is 5.82 Å². The van der Waals surface area contributed by atoms with Crippen LogP contribution in [0.2, 0.25) is 0 Å². The molecule has 0 aromatic carbocycles. The van der Waals surface area contributed by atoms with E-state index in [1.165, 1.54) is 19.2 Å². The van der Waals surface area contributed by atoms with E-state index in [2.05, 4.69) is 20.3 Å². The van der Waals surface area contributed by atoms with Crippen LogP contribution in [0.1, 0.15) is 10.5 Å². The summed E-state index contributed by atoms with van der Waals surface area (Å²) in [6.45, 7) is -0.0818. The van der Waals surface area contributed by atoms with Gasteiger partial charge in [0.2, 0.25) is 5.91 Å². The molecule has 0 aliphatic rings. The molecule has 0 bridgehead atoms. The molecule has 17 heavy (non-hydrogen) atoms. The summed E-state index contributed by atoms with van der Waals surface area (Å²) >= 11 is 0. The van der Waals surface area contributed by atoms with Gasteiger partial charge in [-0.15, -0.1) is 10.2 Å². The van der Waals surface area contributed by atoms with Gasteiger partial charge in [0, 0.05) is 0 Å². The van der Waals surface area contributed by atoms with Crippen LogP contribution in [0.4, 0.5) is 5.82 Å². The van der Waals surface area contributed by atoms with E-state index in [4.69, 9.17) is 10.8 Å². The Hall–Kier alpha value is -2.22. The van der Waals surface area contributed by atoms with Crippen LogP contribution in [-0.2, 0) is 9.53 Å². The highest BCUT2D eigenvalue weighted by atomic mass is 16.5. The second kappa shape index (κ2) is 5.75. The zero-order valence-corrected chi connectivity index (χ0v) is 9.08. The van der Waals surface area contributed by atoms with Crippen LogP contribution in [-0.4, -0.2) is 46.9 Å². The van der Waals surface area contributed by atoms with E-state index >= 15 is 0 Å². The van der Waals surface area contributed by atoms with E-state index < -0.39 is 18.0 Å². The standard InChI is InChI=1S/C9H12N4O4/c1-17-9(16)5-2-3-7(13-12-5)11-4-6(14)8(10)15/h2-3,6,14H,4H2,1H3,(H2,10,15)(H,11,13). The summed E-state index contributed by atoms with van der Waals surface area (Å²) in [4.78, 5) is 21.6. The fourth-order valence-electron chi connectivity index (χ4n) is 0.942. The van der Waals surface area contributed by atoms with Gasteiger partial charge in [-0.25, -0.2) is 4.79 Å². The topological polar surface area (TPSA) is 127 Å². The number of carbonyl (C=O) groups excluding carboxylic acids is 2. The summed E-state index contributed by atoms with van der Waals surface area (Å²) in [6.07, 6.45) is -1.31. The average Bonchev–Trinajstić information content (AvgIpc) is 2.35. The summed E-state index contributed by atoms with van der Waals surface area (Å²) in [7, 11) is 1.24. The molecule has 1 atom stereocenters. The van der Waals surface area contributed by atoms with Gasteiger partial charge in [-0.1, -0.05) is 0 Å². The molecule has 1 aromatic heterocycles. The largest absolute Gasteiger partial charge is 0.464 e. The first-order valence-corrected chi connectivity index (χ1v) is 4.68. The number of primary amides is 1. The smallest absolute Gasteiger partial charge is 0.358 e. The van der Waals surface area contributed by atoms with Crippen molar-refractivity contribution in [2.24, 2.45) is 5.73 Å². The lowest BCUT2D eigenvalue weighted by atomic mass is 10.3. The van der Waals surface area contributed by atoms with E-state index in [9.17, 15) is 9.59 Å². The first-order valence-electron chi connectivity index (χ1n) is 4.68. The fourth-order valence-corrected chi connectivity index (χ4v) is 0.942. The average molecular weight is 240 g/mol. The Bertz CT molecular complexity index is 406. The van der Waals surface area contributed by atoms with Crippen molar-refractivity contribution in [3.05, 3.63) is 17.8 Å². The van der Waals surface area contributed by atoms with E-state index in [1.807, 2.05) is 0 Å². The van der Waals surface area contributed by atoms with Gasteiger partial charge >= 0.3 is 5.97 Å². The molecule has 0 radical (unpaired) electrons. The molecule has 1 unspecified atom stereocenters. The quantitative estimate of drug-likeness (QED) is 0.535. The number of nitrogens with two attached hydrogens (primary N) is 1. The molecule has 0 aliphatic carbocycles. The third kappa shape index (κ3) is 3.68. The van der Waals surface area contributed by atoms with E-state index in [1.54, 1.807) is 0 Å². The number of aliphatic hydroxyl groups excluding tert-OH is 1. The number of aromatic nitrogens is 2. The highest BCUT2D eigenvalue weighted by Crippen LogP contribution is 2.02. The molecule has 1 heterocycles. The normalized spacial score (nSPS) is 11.6. The van der Waals surface area contributed by atoms with Gasteiger partial charge in [0.1, 0.15) is 11.9 Å². The first kappa shape index (κ1) is 12.8. The lowest BCUT2D eigenvalue weighted by Gasteiger charge is -2.08. The van der Waals surface area contributed by atoms with Crippen molar-refractivity contribution in [3.63, 3.8) is 0 Å². The maximum Gasteiger partial charge on any atom is 0.358 e. The predicted molar refractivity (Wildman–Crippen MR) is 57.1 cm³/mol. The summed E-state index contributed by atoms with van der Waals surface area (Å²) in [6, 6.07) is 2.87. The van der Waals surface area contributed by atoms with Crippen molar-refractivity contribution in [2.75, 3.05) is 19.0 Å². The Morgan fingerprint density at radius 2 is 2.24 bits per heavy atom. The highest BCUT2D eigenvalue weighted by Gasteiger charge is 2.11. The van der Waals surface area contributed by atoms with Crippen molar-refractivity contribution in [1.29, 1.82) is 0 Å². The van der Waals surface area contributed by atoms with Crippen LogP contribution in [0.25, 0.3) is 0 Å². The third-order valence-corrected chi connectivity index (χ3v) is 1.86. The second-order valence-electron chi connectivity index (χ2n) is 3.09. The van der Waals surface area contributed by atoms with Gasteiger partial charge in [-0.2, -0.15) is 0 Å². The summed E-state index contributed by atoms with van der Waals surface area (Å²) < 4.78 is 4.44. The van der Waals surface area contributed by atoms with Gasteiger partial charge in [0.25, 0.3) is 0 Å². The molecule has 8 heteroatoms. The number of esters is 1. The number of carbonyl (C=O) groups is 2. The Morgan fingerprint density at radius 1 is 1.53 bits per heavy atom. The monoisotopic (exact) mass is 240 g/mol. The molecule has 4 N–H and O–H groups in total. The van der Waals surface area contributed by atoms with Crippen LogP contribution in [0, 0.1) is 0 Å². The van der Waals surface area contributed by atoms with Gasteiger partial charge in [0.05, 0.1) is 13.7 Å². The van der Waals surface area contributed by atoms with Crippen LogP contribution < -0.4 is 11.1 Å². The number of aliphatic hydroxyl groups is 1. The minimum Gasteiger partial charge on any atom is -0.464 e. The van der Waals surface area contributed by atoms with Gasteiger partial charge in [0.15, 0.2) is 5.69 Å². The molecule has 1 aromatic rings. The van der Waals surface area contributed by atoms with Gasteiger partial charge in [-0.05, 0) is 12.1 Å². The predicted octanol–water partition coefficient (Wildman–Crippen LogP) is -1.48. The summed E-state index contributed by atoms with van der Waals surface area (Å²) in [5.41, 5.74) is 4.92. The van der Waals surface area contributed by atoms with Crippen molar-refractivity contribution in [2.45, 2.75) is 6.10 Å². The lowest BCUT2D eigenvalue weighted by Crippen LogP contribution is -2.34. The lowest BCUT2D eigenvalue weighted by molar-refractivity contribution is -0.125. The number of ether oxygens (including phenoxy) is 1. The molecular formula is C9H12N4O4. The van der Waals surface area contributed by atoms with E-state index in [-0.39, 0.29) is 12.2 Å². The number of amides is 1. The molecule has 0 fully saturated rings. The number of hydrogen-bond acceptors (Lipinski definition) is 7. The van der Waals surface area contributed by atoms with Crippen LogP contribution in [0.5, 0.6) is 0 Å². The Balaban J connectivity index is 2.57. The molecule has 0 aliphatic heterocycles. The van der Waals surface area contributed by atoms with Gasteiger partial charge < -0.3 is 20.9 Å². The summed E-state index contributed by atoms with van der Waals surface area (Å²) in [5.74, 6) is -1.13. The van der Waals surface area contributed by atoms with Crippen LogP contribution >= 0.6 is 0 Å². The van der Waals surface area contributed by atoms with Crippen molar-refractivity contribution in [1.82, 2.24) is 10.2 Å². The molecular weight excluding hydrogens is 228 g/mol. The van der Waals surface area contributed by atoms with Crippen molar-refractivity contribution in [3.8, 4) is 0 Å². The molecule has 1 rings (SSSR count). The van der Waals surface area contributed by atoms with Gasteiger partial charge in [-0.3, -0.25) is 4.79 Å². The Morgan fingerprint density at radius 3 is 2.71 bits per heavy atom. The molecule has 0 spiro atoms. The van der Waals surface area contributed by atoms with E-state index in [0.717, 1.165) is 0 Å². The maximum absolute atomic E-state index is 11.0. The fraction of sp³-hybridized carbons (Fsp3) is 0.333. The molecule has 1 amide bonds. The minimum atomic E-state index is -1.31. The number of methoxy groups -OCH3 is 1. The highest BCUT2D eigenvalue weighted by molar-refractivity contribution is 5.87. The molecule has 0 saturated carbocycles. The maximum atomic E-state index is 11.0. The molecule has 8 nitrogen and oxygen atoms in total. The van der Waals surface area contributed by atoms with Crippen molar-refractivity contribution < 1.29 is 19.4 Å². The number of rotatable bonds is 5. The minimum absolute atomic E-state index is 0.0634. The number of anilines is 1. The van der Waals surface area contributed by atoms with Crippen molar-refractivity contribution >= 4 is 17.7 Å². The second-order valence-corrected chi connectivity index (χ2v) is 3.09.